The van der Waals surface area contributed by atoms with Crippen LogP contribution in [0.25, 0.3) is 11.9 Å². The maximum Gasteiger partial charge on any atom is 0.296 e. The third-order valence-electron chi connectivity index (χ3n) is 2.64. The zero-order valence-corrected chi connectivity index (χ0v) is 9.71. The summed E-state index contributed by atoms with van der Waals surface area (Å²) in [7, 11) is 0. The van der Waals surface area contributed by atoms with E-state index in [4.69, 9.17) is 0 Å². The molecule has 0 saturated heterocycles. The first kappa shape index (κ1) is 10.5. The Bertz CT molecular complexity index is 675. The highest BCUT2D eigenvalue weighted by molar-refractivity contribution is 5.76. The lowest BCUT2D eigenvalue weighted by Gasteiger charge is -2.20. The van der Waals surface area contributed by atoms with Crippen molar-refractivity contribution in [1.82, 2.24) is 20.2 Å². The molecule has 6 nitrogen and oxygen atoms in total. The van der Waals surface area contributed by atoms with Crippen molar-refractivity contribution in [1.29, 1.82) is 0 Å². The van der Waals surface area contributed by atoms with E-state index >= 15 is 0 Å². The standard InChI is InChI=1S/C12H11N5O/c1-8-11(18)13-12-15-14-10(7-17(12)16-8)9-5-3-2-4-6-9/h2-7,14H,1H3,(H,13,15,18). The van der Waals surface area contributed by atoms with Gasteiger partial charge in [0.05, 0.1) is 11.9 Å². The summed E-state index contributed by atoms with van der Waals surface area (Å²) in [5.74, 6) is 0.380. The predicted octanol–water partition coefficient (Wildman–Crippen LogP) is 0.832. The highest BCUT2D eigenvalue weighted by Crippen LogP contribution is 2.16. The van der Waals surface area contributed by atoms with Gasteiger partial charge in [0, 0.05) is 5.56 Å². The number of benzene rings is 1. The van der Waals surface area contributed by atoms with Crippen molar-refractivity contribution < 1.29 is 0 Å². The topological polar surface area (TPSA) is 71.8 Å². The Morgan fingerprint density at radius 1 is 1.17 bits per heavy atom. The van der Waals surface area contributed by atoms with Crippen molar-refractivity contribution in [2.45, 2.75) is 6.92 Å². The molecule has 18 heavy (non-hydrogen) atoms. The first-order valence-corrected chi connectivity index (χ1v) is 5.51. The highest BCUT2D eigenvalue weighted by Gasteiger charge is 2.12. The first-order chi connectivity index (χ1) is 8.74. The Balaban J connectivity index is 2.09. The minimum Gasteiger partial charge on any atom is -0.296 e. The van der Waals surface area contributed by atoms with Crippen molar-refractivity contribution in [3.63, 3.8) is 0 Å². The molecule has 0 saturated carbocycles. The van der Waals surface area contributed by atoms with Gasteiger partial charge in [-0.2, -0.15) is 10.1 Å². The molecule has 0 radical (unpaired) electrons. The number of hydrogen-bond acceptors (Lipinski definition) is 5. The minimum atomic E-state index is -0.327. The summed E-state index contributed by atoms with van der Waals surface area (Å²) in [5, 5.41) is 4.15. The number of hydrazine groups is 1. The molecule has 0 aliphatic carbocycles. The van der Waals surface area contributed by atoms with Crippen LogP contribution in [0.2, 0.25) is 0 Å². The van der Waals surface area contributed by atoms with Crippen LogP contribution in [0.1, 0.15) is 11.3 Å². The smallest absolute Gasteiger partial charge is 0.296 e. The molecule has 0 unspecified atom stereocenters. The second kappa shape index (κ2) is 3.99. The van der Waals surface area contributed by atoms with E-state index in [1.807, 2.05) is 30.3 Å². The minimum absolute atomic E-state index is 0.327. The Hall–Kier alpha value is -2.63. The van der Waals surface area contributed by atoms with E-state index in [9.17, 15) is 4.79 Å². The average molecular weight is 241 g/mol. The molecule has 1 aromatic heterocycles. The molecule has 1 aliphatic heterocycles. The predicted molar refractivity (Wildman–Crippen MR) is 68.4 cm³/mol. The lowest BCUT2D eigenvalue weighted by Crippen LogP contribution is -2.31. The zero-order chi connectivity index (χ0) is 12.5. The van der Waals surface area contributed by atoms with Gasteiger partial charge in [0.1, 0.15) is 5.69 Å². The van der Waals surface area contributed by atoms with E-state index in [1.165, 1.54) is 0 Å². The van der Waals surface area contributed by atoms with Gasteiger partial charge in [0.25, 0.3) is 5.56 Å². The summed E-state index contributed by atoms with van der Waals surface area (Å²) in [4.78, 5) is 15.2. The Morgan fingerprint density at radius 2 is 1.94 bits per heavy atom. The SMILES string of the molecule is Cc1nn2c(nc1=O)NNC(c1ccccc1)=C2. The fourth-order valence-corrected chi connectivity index (χ4v) is 1.70. The van der Waals surface area contributed by atoms with Gasteiger partial charge in [0.2, 0.25) is 5.95 Å². The molecule has 0 bridgehead atoms. The number of anilines is 1. The molecule has 90 valence electrons. The Morgan fingerprint density at radius 3 is 2.72 bits per heavy atom. The molecule has 0 amide bonds. The maximum absolute atomic E-state index is 11.4. The third kappa shape index (κ3) is 1.73. The number of hydrogen-bond donors (Lipinski definition) is 2. The maximum atomic E-state index is 11.4. The van der Waals surface area contributed by atoms with Crippen LogP contribution in [-0.4, -0.2) is 14.8 Å². The fraction of sp³-hybridized carbons (Fsp3) is 0.0833. The summed E-state index contributed by atoms with van der Waals surface area (Å²) in [6, 6.07) is 9.82. The molecule has 1 aromatic carbocycles. The van der Waals surface area contributed by atoms with Crippen molar-refractivity contribution in [2.24, 2.45) is 0 Å². The molecule has 1 aliphatic rings. The lowest BCUT2D eigenvalue weighted by molar-refractivity contribution is 0.777. The average Bonchev–Trinajstić information content (AvgIpc) is 2.41. The second-order valence-electron chi connectivity index (χ2n) is 3.93. The number of aromatic nitrogens is 3. The molecule has 2 aromatic rings. The molecule has 2 heterocycles. The van der Waals surface area contributed by atoms with Gasteiger partial charge in [-0.05, 0) is 6.92 Å². The van der Waals surface area contributed by atoms with Crippen LogP contribution in [0.3, 0.4) is 0 Å². The normalized spacial score (nSPS) is 13.1. The van der Waals surface area contributed by atoms with E-state index in [0.717, 1.165) is 11.3 Å². The molecule has 0 fully saturated rings. The fourth-order valence-electron chi connectivity index (χ4n) is 1.70. The van der Waals surface area contributed by atoms with E-state index in [0.29, 0.717) is 11.6 Å². The summed E-state index contributed by atoms with van der Waals surface area (Å²) < 4.78 is 1.55. The van der Waals surface area contributed by atoms with Gasteiger partial charge in [-0.15, -0.1) is 0 Å². The van der Waals surface area contributed by atoms with E-state index in [-0.39, 0.29) is 5.56 Å². The first-order valence-electron chi connectivity index (χ1n) is 5.51. The number of aryl methyl sites for hydroxylation is 1. The van der Waals surface area contributed by atoms with Gasteiger partial charge in [0.15, 0.2) is 0 Å². The summed E-state index contributed by atoms with van der Waals surface area (Å²) >= 11 is 0. The van der Waals surface area contributed by atoms with Gasteiger partial charge in [-0.1, -0.05) is 30.3 Å². The van der Waals surface area contributed by atoms with Crippen LogP contribution in [-0.2, 0) is 0 Å². The molecule has 0 atom stereocenters. The van der Waals surface area contributed by atoms with Gasteiger partial charge >= 0.3 is 0 Å². The second-order valence-corrected chi connectivity index (χ2v) is 3.93. The molecular weight excluding hydrogens is 230 g/mol. The van der Waals surface area contributed by atoms with E-state index in [1.54, 1.807) is 17.8 Å². The largest absolute Gasteiger partial charge is 0.296 e. The van der Waals surface area contributed by atoms with Crippen LogP contribution < -0.4 is 16.4 Å². The summed E-state index contributed by atoms with van der Waals surface area (Å²) in [6.45, 7) is 1.64. The zero-order valence-electron chi connectivity index (χ0n) is 9.71. The van der Waals surface area contributed by atoms with Crippen LogP contribution >= 0.6 is 0 Å². The van der Waals surface area contributed by atoms with Crippen LogP contribution in [0.15, 0.2) is 35.1 Å². The highest BCUT2D eigenvalue weighted by atomic mass is 16.1. The summed E-state index contributed by atoms with van der Waals surface area (Å²) in [6.07, 6.45) is 1.79. The van der Waals surface area contributed by atoms with Gasteiger partial charge in [-0.25, -0.2) is 4.68 Å². The van der Waals surface area contributed by atoms with Crippen LogP contribution in [0, 0.1) is 6.92 Å². The molecule has 0 spiro atoms. The van der Waals surface area contributed by atoms with Crippen LogP contribution in [0.4, 0.5) is 5.95 Å². The van der Waals surface area contributed by atoms with E-state index in [2.05, 4.69) is 20.9 Å². The van der Waals surface area contributed by atoms with Crippen molar-refractivity contribution in [2.75, 3.05) is 5.43 Å². The van der Waals surface area contributed by atoms with Gasteiger partial charge in [-0.3, -0.25) is 15.6 Å². The van der Waals surface area contributed by atoms with Crippen molar-refractivity contribution in [3.05, 3.63) is 51.9 Å². The Kier molecular flexibility index (Phi) is 2.33. The third-order valence-corrected chi connectivity index (χ3v) is 2.64. The Labute approximate surface area is 103 Å². The lowest BCUT2D eigenvalue weighted by atomic mass is 10.2. The van der Waals surface area contributed by atoms with Crippen molar-refractivity contribution >= 4 is 17.8 Å². The van der Waals surface area contributed by atoms with Crippen molar-refractivity contribution in [3.8, 4) is 0 Å². The van der Waals surface area contributed by atoms with Crippen LogP contribution in [0.5, 0.6) is 0 Å². The number of nitrogens with one attached hydrogen (secondary N) is 2. The van der Waals surface area contributed by atoms with E-state index < -0.39 is 0 Å². The summed E-state index contributed by atoms with van der Waals surface area (Å²) in [5.41, 5.74) is 7.76. The molecular formula is C12H11N5O. The molecule has 6 heteroatoms. The number of fused-ring (bicyclic) bond motifs is 1. The quantitative estimate of drug-likeness (QED) is 0.773. The van der Waals surface area contributed by atoms with Gasteiger partial charge < -0.3 is 0 Å². The number of nitrogens with zero attached hydrogens (tertiary/aromatic N) is 3. The number of rotatable bonds is 1. The molecule has 3 rings (SSSR count). The monoisotopic (exact) mass is 241 g/mol. The molecule has 2 N–H and O–H groups in total.